The monoisotopic (exact) mass is 243 g/mol. The summed E-state index contributed by atoms with van der Waals surface area (Å²) in [6.07, 6.45) is 1.50. The highest BCUT2D eigenvalue weighted by Gasteiger charge is 2.13. The number of benzene rings is 1. The van der Waals surface area contributed by atoms with E-state index in [1.165, 1.54) is 17.4 Å². The van der Waals surface area contributed by atoms with Crippen molar-refractivity contribution >= 4 is 5.91 Å². The van der Waals surface area contributed by atoms with Crippen LogP contribution in [-0.4, -0.2) is 5.91 Å². The molecule has 18 heavy (non-hydrogen) atoms. The minimum absolute atomic E-state index is 0.0399. The second-order valence-electron chi connectivity index (χ2n) is 4.52. The summed E-state index contributed by atoms with van der Waals surface area (Å²) in [7, 11) is 0. The molecule has 0 radical (unpaired) electrons. The Morgan fingerprint density at radius 1 is 1.22 bits per heavy atom. The van der Waals surface area contributed by atoms with E-state index in [1.54, 1.807) is 12.1 Å². The summed E-state index contributed by atoms with van der Waals surface area (Å²) in [5, 5.41) is 2.91. The third-order valence-corrected chi connectivity index (χ3v) is 3.12. The lowest BCUT2D eigenvalue weighted by molar-refractivity contribution is 0.0912. The number of carbonyl (C=O) groups excluding carboxylic acids is 1. The fourth-order valence-electron chi connectivity index (χ4n) is 1.79. The number of furan rings is 1. The Morgan fingerprint density at radius 2 is 2.00 bits per heavy atom. The molecule has 0 aliphatic rings. The van der Waals surface area contributed by atoms with E-state index in [-0.39, 0.29) is 11.9 Å². The molecule has 1 heterocycles. The van der Waals surface area contributed by atoms with Crippen LogP contribution in [0.5, 0.6) is 0 Å². The molecule has 1 amide bonds. The Bertz CT molecular complexity index is 544. The van der Waals surface area contributed by atoms with Crippen molar-refractivity contribution in [1.82, 2.24) is 5.32 Å². The number of amides is 1. The molecule has 0 saturated carbocycles. The van der Waals surface area contributed by atoms with E-state index >= 15 is 0 Å². The Labute approximate surface area is 107 Å². The molecule has 1 N–H and O–H groups in total. The van der Waals surface area contributed by atoms with E-state index in [0.717, 1.165) is 5.56 Å². The maximum absolute atomic E-state index is 11.8. The van der Waals surface area contributed by atoms with Crippen molar-refractivity contribution in [3.05, 3.63) is 59.0 Å². The molecule has 3 heteroatoms. The Morgan fingerprint density at radius 3 is 2.61 bits per heavy atom. The SMILES string of the molecule is Cc1ccc([C@H](C)NC(=O)c2ccco2)cc1C. The van der Waals surface area contributed by atoms with Gasteiger partial charge in [-0.15, -0.1) is 0 Å². The lowest BCUT2D eigenvalue weighted by Crippen LogP contribution is -2.26. The molecule has 2 rings (SSSR count). The summed E-state index contributed by atoms with van der Waals surface area (Å²) in [5.74, 6) is 0.149. The van der Waals surface area contributed by atoms with E-state index in [1.807, 2.05) is 13.0 Å². The smallest absolute Gasteiger partial charge is 0.287 e. The predicted octanol–water partition coefficient (Wildman–Crippen LogP) is 3.39. The van der Waals surface area contributed by atoms with Gasteiger partial charge in [-0.25, -0.2) is 0 Å². The molecule has 1 atom stereocenters. The van der Waals surface area contributed by atoms with Gasteiger partial charge in [0.2, 0.25) is 0 Å². The highest BCUT2D eigenvalue weighted by Crippen LogP contribution is 2.17. The second-order valence-corrected chi connectivity index (χ2v) is 4.52. The standard InChI is InChI=1S/C15H17NO2/c1-10-6-7-13(9-11(10)2)12(3)16-15(17)14-5-4-8-18-14/h4-9,12H,1-3H3,(H,16,17)/t12-/m0/s1. The van der Waals surface area contributed by atoms with Crippen LogP contribution in [0.4, 0.5) is 0 Å². The average Bonchev–Trinajstić information content (AvgIpc) is 2.86. The maximum atomic E-state index is 11.8. The van der Waals surface area contributed by atoms with Crippen LogP contribution in [0.1, 0.15) is 40.2 Å². The Kier molecular flexibility index (Phi) is 3.51. The summed E-state index contributed by atoms with van der Waals surface area (Å²) < 4.78 is 5.06. The normalized spacial score (nSPS) is 12.2. The molecular formula is C15H17NO2. The lowest BCUT2D eigenvalue weighted by atomic mass is 10.0. The summed E-state index contributed by atoms with van der Waals surface area (Å²) in [5.41, 5.74) is 3.58. The third kappa shape index (κ3) is 2.62. The van der Waals surface area contributed by atoms with Crippen LogP contribution in [0.2, 0.25) is 0 Å². The van der Waals surface area contributed by atoms with Gasteiger partial charge in [0.1, 0.15) is 0 Å². The van der Waals surface area contributed by atoms with Crippen LogP contribution in [0.25, 0.3) is 0 Å². The number of nitrogens with one attached hydrogen (secondary N) is 1. The summed E-state index contributed by atoms with van der Waals surface area (Å²) in [4.78, 5) is 11.8. The molecule has 1 aromatic carbocycles. The van der Waals surface area contributed by atoms with Gasteiger partial charge in [0.05, 0.1) is 12.3 Å². The van der Waals surface area contributed by atoms with Crippen LogP contribution >= 0.6 is 0 Å². The van der Waals surface area contributed by atoms with E-state index in [4.69, 9.17) is 4.42 Å². The van der Waals surface area contributed by atoms with E-state index in [2.05, 4.69) is 31.3 Å². The summed E-state index contributed by atoms with van der Waals surface area (Å²) in [6, 6.07) is 9.53. The van der Waals surface area contributed by atoms with Gasteiger partial charge in [-0.1, -0.05) is 18.2 Å². The van der Waals surface area contributed by atoms with Gasteiger partial charge in [0, 0.05) is 0 Å². The topological polar surface area (TPSA) is 42.2 Å². The minimum Gasteiger partial charge on any atom is -0.459 e. The van der Waals surface area contributed by atoms with Crippen LogP contribution in [-0.2, 0) is 0 Å². The first-order valence-electron chi connectivity index (χ1n) is 5.99. The lowest BCUT2D eigenvalue weighted by Gasteiger charge is -2.14. The first-order chi connectivity index (χ1) is 8.58. The third-order valence-electron chi connectivity index (χ3n) is 3.12. The van der Waals surface area contributed by atoms with Gasteiger partial charge >= 0.3 is 0 Å². The molecule has 1 aromatic heterocycles. The van der Waals surface area contributed by atoms with Gasteiger partial charge in [0.25, 0.3) is 5.91 Å². The second kappa shape index (κ2) is 5.08. The van der Waals surface area contributed by atoms with Crippen molar-refractivity contribution in [2.75, 3.05) is 0 Å². The minimum atomic E-state index is -0.189. The van der Waals surface area contributed by atoms with Crippen molar-refractivity contribution in [3.63, 3.8) is 0 Å². The molecule has 3 nitrogen and oxygen atoms in total. The van der Waals surface area contributed by atoms with E-state index in [9.17, 15) is 4.79 Å². The molecule has 0 fully saturated rings. The number of aryl methyl sites for hydroxylation is 2. The fraction of sp³-hybridized carbons (Fsp3) is 0.267. The summed E-state index contributed by atoms with van der Waals surface area (Å²) in [6.45, 7) is 6.11. The molecule has 94 valence electrons. The number of hydrogen-bond donors (Lipinski definition) is 1. The van der Waals surface area contributed by atoms with Crippen LogP contribution < -0.4 is 5.32 Å². The molecule has 0 aliphatic heterocycles. The molecule has 0 unspecified atom stereocenters. The first kappa shape index (κ1) is 12.4. The molecule has 0 bridgehead atoms. The van der Waals surface area contributed by atoms with Crippen molar-refractivity contribution in [2.24, 2.45) is 0 Å². The van der Waals surface area contributed by atoms with Crippen LogP contribution in [0.3, 0.4) is 0 Å². The number of carbonyl (C=O) groups is 1. The van der Waals surface area contributed by atoms with E-state index < -0.39 is 0 Å². The Balaban J connectivity index is 2.10. The van der Waals surface area contributed by atoms with E-state index in [0.29, 0.717) is 5.76 Å². The van der Waals surface area contributed by atoms with Crippen molar-refractivity contribution in [3.8, 4) is 0 Å². The van der Waals surface area contributed by atoms with Crippen molar-refractivity contribution in [2.45, 2.75) is 26.8 Å². The number of hydrogen-bond acceptors (Lipinski definition) is 2. The Hall–Kier alpha value is -2.03. The fourth-order valence-corrected chi connectivity index (χ4v) is 1.79. The van der Waals surface area contributed by atoms with Gasteiger partial charge in [-0.2, -0.15) is 0 Å². The van der Waals surface area contributed by atoms with Gasteiger partial charge in [0.15, 0.2) is 5.76 Å². The molecule has 0 spiro atoms. The van der Waals surface area contributed by atoms with Gasteiger partial charge in [-0.3, -0.25) is 4.79 Å². The molecule has 0 aliphatic carbocycles. The zero-order chi connectivity index (χ0) is 13.1. The van der Waals surface area contributed by atoms with Crippen molar-refractivity contribution in [1.29, 1.82) is 0 Å². The quantitative estimate of drug-likeness (QED) is 0.897. The maximum Gasteiger partial charge on any atom is 0.287 e. The van der Waals surface area contributed by atoms with Crippen molar-refractivity contribution < 1.29 is 9.21 Å². The average molecular weight is 243 g/mol. The van der Waals surface area contributed by atoms with Gasteiger partial charge in [-0.05, 0) is 49.6 Å². The summed E-state index contributed by atoms with van der Waals surface area (Å²) >= 11 is 0. The largest absolute Gasteiger partial charge is 0.459 e. The van der Waals surface area contributed by atoms with Crippen LogP contribution in [0.15, 0.2) is 41.0 Å². The molecule has 2 aromatic rings. The highest BCUT2D eigenvalue weighted by molar-refractivity contribution is 5.91. The van der Waals surface area contributed by atoms with Gasteiger partial charge < -0.3 is 9.73 Å². The predicted molar refractivity (Wildman–Crippen MR) is 70.5 cm³/mol. The highest BCUT2D eigenvalue weighted by atomic mass is 16.3. The molecular weight excluding hydrogens is 226 g/mol. The first-order valence-corrected chi connectivity index (χ1v) is 5.99. The number of rotatable bonds is 3. The zero-order valence-electron chi connectivity index (χ0n) is 10.9. The molecule has 0 saturated heterocycles. The van der Waals surface area contributed by atoms with Crippen LogP contribution in [0, 0.1) is 13.8 Å². The zero-order valence-corrected chi connectivity index (χ0v) is 10.9.